The Kier molecular flexibility index (Phi) is 11.8. The van der Waals surface area contributed by atoms with Crippen LogP contribution in [0.15, 0.2) is 0 Å². The summed E-state index contributed by atoms with van der Waals surface area (Å²) >= 11 is 0. The summed E-state index contributed by atoms with van der Waals surface area (Å²) in [4.78, 5) is 21.9. The Morgan fingerprint density at radius 1 is 1.22 bits per heavy atom. The minimum Gasteiger partial charge on any atom is -0.487 e. The number of carbonyl (C=O) groups is 2. The molecule has 0 rings (SSSR count). The van der Waals surface area contributed by atoms with E-state index in [1.54, 1.807) is 13.8 Å². The normalized spacial score (nSPS) is 10.3. The Morgan fingerprint density at radius 2 is 1.78 bits per heavy atom. The van der Waals surface area contributed by atoms with Crippen LogP contribution in [0.25, 0.3) is 0 Å². The van der Waals surface area contributed by atoms with E-state index in [0.717, 1.165) is 0 Å². The smallest absolute Gasteiger partial charge is 0.487 e. The van der Waals surface area contributed by atoms with Gasteiger partial charge in [0, 0.05) is 0 Å². The number of esters is 2. The van der Waals surface area contributed by atoms with Crippen LogP contribution >= 0.6 is 0 Å². The van der Waals surface area contributed by atoms with E-state index in [-0.39, 0.29) is 64.8 Å². The molecule has 100 valence electrons. The van der Waals surface area contributed by atoms with Gasteiger partial charge in [0.15, 0.2) is 12.6 Å². The van der Waals surface area contributed by atoms with Crippen molar-refractivity contribution in [3.8, 4) is 0 Å². The Bertz CT molecular complexity index is 268. The molecule has 0 aromatic carbocycles. The summed E-state index contributed by atoms with van der Waals surface area (Å²) in [5, 5.41) is 0. The van der Waals surface area contributed by atoms with E-state index in [2.05, 4.69) is 9.47 Å². The zero-order valence-corrected chi connectivity index (χ0v) is 15.5. The van der Waals surface area contributed by atoms with Crippen molar-refractivity contribution in [2.45, 2.75) is 32.9 Å². The molecule has 0 amide bonds. The molecule has 0 unspecified atom stereocenters. The molecule has 0 saturated carbocycles. The van der Waals surface area contributed by atoms with Gasteiger partial charge in [-0.2, -0.15) is 26.5 Å². The molecule has 18 heavy (non-hydrogen) atoms. The molecule has 0 aromatic rings. The first-order chi connectivity index (χ1) is 7.76. The van der Waals surface area contributed by atoms with Crippen LogP contribution in [0.1, 0.15) is 26.7 Å². The molecule has 0 radical (unpaired) electrons. The van der Waals surface area contributed by atoms with E-state index < -0.39 is 31.1 Å². The quantitative estimate of drug-likeness (QED) is 0.461. The number of alkyl halides is 3. The minimum atomic E-state index is -4.54. The van der Waals surface area contributed by atoms with E-state index in [0.29, 0.717) is 12.3 Å². The van der Waals surface area contributed by atoms with Crippen molar-refractivity contribution in [3.63, 3.8) is 0 Å². The summed E-state index contributed by atoms with van der Waals surface area (Å²) in [5.41, 5.74) is 0. The molecule has 0 N–H and O–H groups in total. The third-order valence-electron chi connectivity index (χ3n) is 1.81. The maximum Gasteiger partial charge on any atom is 1.00 e. The summed E-state index contributed by atoms with van der Waals surface area (Å²) in [7, 11) is 0. The first-order valence-electron chi connectivity index (χ1n) is 4.98. The van der Waals surface area contributed by atoms with E-state index in [4.69, 9.17) is 0 Å². The van der Waals surface area contributed by atoms with Gasteiger partial charge in [-0.3, -0.25) is 15.5 Å². The number of carbonyl (C=O) groups excluding carboxylic acids is 2. The summed E-state index contributed by atoms with van der Waals surface area (Å²) in [6.45, 7) is 1.42. The fourth-order valence-electron chi connectivity index (χ4n) is 0.729. The third-order valence-corrected chi connectivity index (χ3v) is 1.81. The molecule has 0 atom stereocenters. The van der Waals surface area contributed by atoms with Crippen molar-refractivity contribution < 1.29 is 90.4 Å². The monoisotopic (exact) mass is 340 g/mol. The van der Waals surface area contributed by atoms with Crippen LogP contribution in [0.3, 0.4) is 0 Å². The second-order valence-electron chi connectivity index (χ2n) is 3.30. The Hall–Kier alpha value is 0.405. The minimum absolute atomic E-state index is 0. The molecule has 0 aliphatic rings. The molecule has 0 aromatic heterocycles. The average molecular weight is 341 g/mol. The van der Waals surface area contributed by atoms with Crippen molar-refractivity contribution in [1.29, 1.82) is 0 Å². The van der Waals surface area contributed by atoms with Crippen LogP contribution in [0.4, 0.5) is 13.2 Å². The van der Waals surface area contributed by atoms with E-state index in [9.17, 15) is 22.8 Å². The predicted octanol–water partition coefficient (Wildman–Crippen LogP) is -0.966. The molecule has 0 spiro atoms. The van der Waals surface area contributed by atoms with E-state index in [1.807, 2.05) is 0 Å². The van der Waals surface area contributed by atoms with Crippen molar-refractivity contribution in [2.24, 2.45) is 0 Å². The number of rotatable bonds is 6. The maximum atomic E-state index is 11.7. The second kappa shape index (κ2) is 10.2. The molecule has 0 fully saturated rings. The zero-order valence-electron chi connectivity index (χ0n) is 10.6. The van der Waals surface area contributed by atoms with Gasteiger partial charge in [-0.15, -0.1) is 0 Å². The number of ether oxygens (including phenoxy) is 2. The summed E-state index contributed by atoms with van der Waals surface area (Å²) < 4.78 is 43.5. The van der Waals surface area contributed by atoms with Crippen LogP contribution in [0, 0.1) is 5.92 Å². The van der Waals surface area contributed by atoms with Gasteiger partial charge in [-0.05, 0) is 0 Å². The van der Waals surface area contributed by atoms with Crippen LogP contribution < -0.4 is 58.2 Å². The van der Waals surface area contributed by atoms with Crippen LogP contribution in [-0.2, 0) is 19.1 Å². The summed E-state index contributed by atoms with van der Waals surface area (Å²) in [6, 6.07) is 0. The standard InChI is InChI=1S/C10H14F3O4.Rb/c1-3-7(2)9(15)16-5-4-8(14)17-6-10(11,12)13;/h3-6H2,1-2H3;/q-1;+1. The SMILES string of the molecule is CC[C-](C)C(=O)OCCC(=O)OCC(F)(F)F.[Rb+]. The molecule has 0 aliphatic heterocycles. The maximum absolute atomic E-state index is 11.7. The van der Waals surface area contributed by atoms with Crippen LogP contribution in [0.2, 0.25) is 0 Å². The van der Waals surface area contributed by atoms with Gasteiger partial charge in [0.25, 0.3) is 0 Å². The average Bonchev–Trinajstić information content (AvgIpc) is 2.24. The van der Waals surface area contributed by atoms with Crippen molar-refractivity contribution >= 4 is 11.9 Å². The van der Waals surface area contributed by atoms with Gasteiger partial charge in [-0.25, -0.2) is 0 Å². The van der Waals surface area contributed by atoms with Gasteiger partial charge in [0.2, 0.25) is 0 Å². The van der Waals surface area contributed by atoms with E-state index >= 15 is 0 Å². The molecule has 0 heterocycles. The fraction of sp³-hybridized carbons (Fsp3) is 0.700. The molecule has 0 aliphatic carbocycles. The topological polar surface area (TPSA) is 52.6 Å². The van der Waals surface area contributed by atoms with Crippen LogP contribution in [-0.4, -0.2) is 31.3 Å². The van der Waals surface area contributed by atoms with Gasteiger partial charge >= 0.3 is 70.3 Å². The Morgan fingerprint density at radius 3 is 2.22 bits per heavy atom. The van der Waals surface area contributed by atoms with Gasteiger partial charge in [0.1, 0.15) is 0 Å². The van der Waals surface area contributed by atoms with Crippen molar-refractivity contribution in [1.82, 2.24) is 0 Å². The molecule has 0 saturated heterocycles. The predicted molar refractivity (Wildman–Crippen MR) is 51.8 cm³/mol. The van der Waals surface area contributed by atoms with Gasteiger partial charge in [0.05, 0.1) is 13.0 Å². The molecular weight excluding hydrogens is 327 g/mol. The second-order valence-corrected chi connectivity index (χ2v) is 3.30. The van der Waals surface area contributed by atoms with Gasteiger partial charge in [-0.1, -0.05) is 6.92 Å². The number of hydrogen-bond donors (Lipinski definition) is 0. The largest absolute Gasteiger partial charge is 1.00 e. The van der Waals surface area contributed by atoms with Crippen molar-refractivity contribution in [3.05, 3.63) is 5.92 Å². The van der Waals surface area contributed by atoms with Gasteiger partial charge < -0.3 is 9.47 Å². The Balaban J connectivity index is 0. The number of halogens is 3. The van der Waals surface area contributed by atoms with E-state index in [1.165, 1.54) is 0 Å². The molecule has 4 nitrogen and oxygen atoms in total. The van der Waals surface area contributed by atoms with Crippen LogP contribution in [0.5, 0.6) is 0 Å². The molecular formula is C10H14F3O4Rb. The summed E-state index contributed by atoms with van der Waals surface area (Å²) in [5.74, 6) is -1.13. The number of hydrogen-bond acceptors (Lipinski definition) is 4. The molecule has 0 bridgehead atoms. The molecule has 8 heteroatoms. The van der Waals surface area contributed by atoms with Crippen molar-refractivity contribution in [2.75, 3.05) is 13.2 Å². The Labute approximate surface area is 152 Å². The summed E-state index contributed by atoms with van der Waals surface area (Å²) in [6.07, 6.45) is -4.42. The first-order valence-corrected chi connectivity index (χ1v) is 4.98. The fourth-order valence-corrected chi connectivity index (χ4v) is 0.729. The zero-order chi connectivity index (χ0) is 13.5. The third kappa shape index (κ3) is 11.5. The first kappa shape index (κ1) is 20.7.